The van der Waals surface area contributed by atoms with Crippen LogP contribution in [0.3, 0.4) is 0 Å². The summed E-state index contributed by atoms with van der Waals surface area (Å²) < 4.78 is 138. The number of carbonyl (C=O) groups excluding carboxylic acids is 1. The van der Waals surface area contributed by atoms with E-state index in [4.69, 9.17) is 17.3 Å². The van der Waals surface area contributed by atoms with E-state index in [-0.39, 0.29) is 185 Å². The molecule has 5 N–H and O–H groups in total. The van der Waals surface area contributed by atoms with Crippen molar-refractivity contribution in [1.82, 2.24) is 15.0 Å². The first-order chi connectivity index (χ1) is 27.5. The minimum absolute atomic E-state index is 0. The second kappa shape index (κ2) is 25.2. The normalized spacial score (nSPS) is 11.7. The monoisotopic (exact) mass is 1020 g/mol. The Morgan fingerprint density at radius 3 is 1.87 bits per heavy atom. The Kier molecular flexibility index (Phi) is 23.9. The number of fused-ring (bicyclic) bond motifs is 1. The van der Waals surface area contributed by atoms with Gasteiger partial charge in [-0.3, -0.25) is 9.22 Å². The van der Waals surface area contributed by atoms with Crippen molar-refractivity contribution in [2.45, 2.75) is 19.6 Å². The van der Waals surface area contributed by atoms with Crippen LogP contribution in [0.5, 0.6) is 0 Å². The van der Waals surface area contributed by atoms with Gasteiger partial charge < -0.3 is 40.6 Å². The molecule has 2 amide bonds. The van der Waals surface area contributed by atoms with Crippen molar-refractivity contribution in [3.05, 3.63) is 72.0 Å². The maximum Gasteiger partial charge on any atom is 1.00 e. The molecule has 0 radical (unpaired) electrons. The Bertz CT molecular complexity index is 2950. The van der Waals surface area contributed by atoms with Gasteiger partial charge in [-0.05, 0) is 83.7 Å². The summed E-state index contributed by atoms with van der Waals surface area (Å²) in [5.74, 6) is -1.13. The van der Waals surface area contributed by atoms with E-state index in [2.05, 4.69) is 54.7 Å². The topological polar surface area (TPSA) is 399 Å². The molecule has 1 heterocycles. The zero-order chi connectivity index (χ0) is 43.3. The Morgan fingerprint density at radius 2 is 1.32 bits per heavy atom. The summed E-state index contributed by atoms with van der Waals surface area (Å²) in [4.78, 5) is 21.6. The van der Waals surface area contributed by atoms with Crippen LogP contribution in [0.2, 0.25) is 5.28 Å². The number of nitrogens with one attached hydrogen (secondary N) is 3. The molecule has 5 rings (SSSR count). The number of azo groups is 1. The van der Waals surface area contributed by atoms with Gasteiger partial charge in [0, 0.05) is 21.7 Å². The van der Waals surface area contributed by atoms with Crippen LogP contribution in [-0.4, -0.2) is 80.7 Å². The number of halogens is 1. The second-order valence-corrected chi connectivity index (χ2v) is 18.1. The molecule has 0 aliphatic carbocycles. The second-order valence-electron chi connectivity index (χ2n) is 11.1. The smallest absolute Gasteiger partial charge is 0.744 e. The van der Waals surface area contributed by atoms with E-state index in [0.717, 1.165) is 24.3 Å². The van der Waals surface area contributed by atoms with E-state index >= 15 is 0 Å². The number of nitrogens with two attached hydrogens (primary N) is 1. The van der Waals surface area contributed by atoms with E-state index in [0.29, 0.717) is 0 Å². The van der Waals surface area contributed by atoms with Crippen LogP contribution < -0.4 is 145 Å². The first kappa shape index (κ1) is 59.8. The minimum Gasteiger partial charge on any atom is -0.744 e. The van der Waals surface area contributed by atoms with Crippen LogP contribution >= 0.6 is 23.6 Å². The van der Waals surface area contributed by atoms with Crippen LogP contribution in [0.25, 0.3) is 10.8 Å². The van der Waals surface area contributed by atoms with Gasteiger partial charge in [0.25, 0.3) is 0 Å². The van der Waals surface area contributed by atoms with E-state index in [9.17, 15) is 57.4 Å². The maximum absolute atomic E-state index is 12.5. The zero-order valence-electron chi connectivity index (χ0n) is 32.5. The number of anilines is 5. The molecule has 314 valence electrons. The first-order valence-corrected chi connectivity index (χ1v) is 22.1. The summed E-state index contributed by atoms with van der Waals surface area (Å²) in [6.07, 6.45) is 0. The van der Waals surface area contributed by atoms with Crippen molar-refractivity contribution >= 4 is 121 Å². The van der Waals surface area contributed by atoms with Gasteiger partial charge in [-0.25, -0.2) is 38.5 Å². The van der Waals surface area contributed by atoms with Crippen molar-refractivity contribution in [1.29, 1.82) is 0 Å². The molecule has 63 heavy (non-hydrogen) atoms. The molecule has 0 bridgehead atoms. The van der Waals surface area contributed by atoms with Gasteiger partial charge in [-0.15, -0.1) is 10.2 Å². The third-order valence-corrected chi connectivity index (χ3v) is 11.7. The molecule has 0 atom stereocenters. The maximum atomic E-state index is 12.5. The van der Waals surface area contributed by atoms with Gasteiger partial charge in [0.15, 0.2) is 9.84 Å². The summed E-state index contributed by atoms with van der Waals surface area (Å²) in [5.41, 5.74) is 4.62. The fraction of sp³-hybridized carbons (Fsp3) is 0.0714. The van der Waals surface area contributed by atoms with Crippen LogP contribution in [0.15, 0.2) is 96.5 Å². The average molecular weight is 1030 g/mol. The van der Waals surface area contributed by atoms with Crippen LogP contribution in [0, 0.1) is 0 Å². The first-order valence-electron chi connectivity index (χ1n) is 15.2. The largest absolute Gasteiger partial charge is 1.00 e. The molecule has 0 saturated heterocycles. The number of carbonyl (C=O) groups is 1. The summed E-state index contributed by atoms with van der Waals surface area (Å²) in [5, 5.41) is 28.0. The van der Waals surface area contributed by atoms with Gasteiger partial charge in [-0.2, -0.15) is 19.3 Å². The number of nitrogens with zero attached hydrogens (tertiary/aromatic N) is 5. The molecular formula is C28H20ClN9Na4O16S5. The molecule has 0 aliphatic rings. The predicted molar refractivity (Wildman–Crippen MR) is 197 cm³/mol. The molecule has 0 spiro atoms. The Morgan fingerprint density at radius 1 is 0.746 bits per heavy atom. The van der Waals surface area contributed by atoms with E-state index < -0.39 is 79.7 Å². The molecule has 25 nitrogen and oxygen atoms in total. The number of benzene rings is 4. The molecule has 5 aromatic rings. The number of hydrogen-bond acceptors (Lipinski definition) is 24. The summed E-state index contributed by atoms with van der Waals surface area (Å²) in [6, 6.07) is 11.1. The summed E-state index contributed by atoms with van der Waals surface area (Å²) in [6.45, 7) is -0.885. The molecule has 0 aliphatic heterocycles. The van der Waals surface area contributed by atoms with E-state index in [1.54, 1.807) is 0 Å². The summed E-state index contributed by atoms with van der Waals surface area (Å²) in [7, 11) is -19.7. The van der Waals surface area contributed by atoms with Crippen molar-refractivity contribution in [3.63, 3.8) is 0 Å². The standard InChI is InChI=1S/C28H24ClN9O16S5.4Na/c29-25-34-27(31-15-1-4-18(5-2-15)56(41,42)8-7-52-59(49,50)51)36-28(35-25)32-16-3-6-20(21(11-16)33-26(30)39)37-38-22-13-19-14(10-24(22)58(46,47)48)9-17(55-54-53-40)12-23(19)57(43,44)45;;;;/h1-6,9-13,40H,7-8H2,(H3,30,33,39)(H,43,44,45)(H,46,47,48)(H,49,50,51)(H2,31,32,34,35,36);;;;/q;4*+1/p-4. The van der Waals surface area contributed by atoms with Gasteiger partial charge in [-0.1, -0.05) is 0 Å². The van der Waals surface area contributed by atoms with E-state index in [1.807, 2.05) is 0 Å². The third kappa shape index (κ3) is 17.7. The Balaban J connectivity index is 0.00000496. The Hall–Kier alpha value is -1.22. The zero-order valence-corrected chi connectivity index (χ0v) is 45.4. The molecule has 1 aromatic heterocycles. The van der Waals surface area contributed by atoms with Crippen molar-refractivity contribution in [3.8, 4) is 0 Å². The van der Waals surface area contributed by atoms with Gasteiger partial charge >= 0.3 is 124 Å². The molecule has 0 saturated carbocycles. The molecular weight excluding hydrogens is 1010 g/mol. The molecule has 0 unspecified atom stereocenters. The number of amides is 2. The molecule has 4 aromatic carbocycles. The fourth-order valence-corrected chi connectivity index (χ4v) is 8.29. The number of hydrogen-bond donors (Lipinski definition) is 4. The van der Waals surface area contributed by atoms with Crippen molar-refractivity contribution in [2.75, 3.05) is 28.3 Å². The third-order valence-electron chi connectivity index (χ3n) is 7.10. The molecule has 35 heteroatoms. The van der Waals surface area contributed by atoms with E-state index in [1.165, 1.54) is 42.5 Å². The number of urea groups is 1. The number of sulfone groups is 1. The number of rotatable bonds is 17. The van der Waals surface area contributed by atoms with Gasteiger partial charge in [0.2, 0.25) is 27.6 Å². The average Bonchev–Trinajstić information content (AvgIpc) is 3.11. The fourth-order valence-electron chi connectivity index (χ4n) is 4.78. The van der Waals surface area contributed by atoms with Crippen LogP contribution in [0.4, 0.5) is 45.1 Å². The minimum atomic E-state index is -5.35. The van der Waals surface area contributed by atoms with Gasteiger partial charge in [0.05, 0.1) is 44.8 Å². The van der Waals surface area contributed by atoms with Crippen LogP contribution in [0.1, 0.15) is 0 Å². The molecule has 0 fully saturated rings. The summed E-state index contributed by atoms with van der Waals surface area (Å²) >= 11 is 6.27. The quantitative estimate of drug-likeness (QED) is 0.0128. The van der Waals surface area contributed by atoms with Crippen molar-refractivity contribution < 1.29 is 189 Å². The van der Waals surface area contributed by atoms with Gasteiger partial charge in [0.1, 0.15) is 31.6 Å². The van der Waals surface area contributed by atoms with Crippen molar-refractivity contribution in [2.24, 2.45) is 16.0 Å². The predicted octanol–water partition coefficient (Wildman–Crippen LogP) is -9.62. The Labute approximate surface area is 455 Å². The van der Waals surface area contributed by atoms with Crippen LogP contribution in [-0.2, 0) is 54.0 Å². The SMILES string of the molecule is NC(=O)Nc1cc(Nc2nc(Cl)nc(Nc3ccc(S(=O)(=O)CCOS(=O)(=O)[O-])cc3)n2)ccc1N=Nc1cc2c(S(=O)(=O)[O-])cc(SOO[O-])cc2cc1S(=O)(=O)[O-].[Na+].[Na+].[Na+].[Na+]. The number of aromatic nitrogens is 3. The number of primary amides is 1.